The summed E-state index contributed by atoms with van der Waals surface area (Å²) in [5, 5.41) is 11.8. The van der Waals surface area contributed by atoms with Crippen molar-refractivity contribution < 1.29 is 9.94 Å². The lowest BCUT2D eigenvalue weighted by atomic mass is 10.1. The molecule has 0 saturated heterocycles. The number of aryl methyl sites for hydroxylation is 1. The maximum absolute atomic E-state index is 8.75. The van der Waals surface area contributed by atoms with Crippen LogP contribution in [0.4, 0.5) is 0 Å². The Morgan fingerprint density at radius 3 is 2.78 bits per heavy atom. The zero-order valence-corrected chi connectivity index (χ0v) is 11.2. The Hall–Kier alpha value is -1.75. The Labute approximate surface area is 108 Å². The van der Waals surface area contributed by atoms with E-state index in [9.17, 15) is 0 Å². The fraction of sp³-hybridized carbons (Fsp3) is 0.462. The molecule has 0 aliphatic rings. The third-order valence-electron chi connectivity index (χ3n) is 2.59. The maximum Gasteiger partial charge on any atom is 0.173 e. The van der Waals surface area contributed by atoms with Gasteiger partial charge in [-0.15, -0.1) is 0 Å². The molecule has 0 fully saturated rings. The summed E-state index contributed by atoms with van der Waals surface area (Å²) in [6.45, 7) is 3.51. The molecule has 0 aliphatic heterocycles. The summed E-state index contributed by atoms with van der Waals surface area (Å²) >= 11 is 0. The van der Waals surface area contributed by atoms with Gasteiger partial charge in [0.1, 0.15) is 5.75 Å². The van der Waals surface area contributed by atoms with Gasteiger partial charge in [0.05, 0.1) is 12.2 Å². The minimum atomic E-state index is 0.0707. The van der Waals surface area contributed by atoms with E-state index in [0.29, 0.717) is 17.9 Å². The first-order valence-electron chi connectivity index (χ1n) is 5.91. The van der Waals surface area contributed by atoms with Crippen molar-refractivity contribution in [1.29, 1.82) is 0 Å². The average molecular weight is 251 g/mol. The van der Waals surface area contributed by atoms with Gasteiger partial charge in [0.2, 0.25) is 0 Å². The van der Waals surface area contributed by atoms with Crippen LogP contribution in [0.15, 0.2) is 23.4 Å². The standard InChI is InChI=1S/C13H21N3O2/c1-10-6-4-7-11(13(14)15-17)12(10)18-9-5-8-16(2)3/h4,6-7,17H,5,8-9H2,1-3H3,(H2,14,15). The van der Waals surface area contributed by atoms with E-state index in [1.54, 1.807) is 6.07 Å². The zero-order chi connectivity index (χ0) is 13.5. The SMILES string of the molecule is Cc1cccc(/C(N)=N/O)c1OCCCN(C)C. The maximum atomic E-state index is 8.75. The molecule has 0 aromatic heterocycles. The highest BCUT2D eigenvalue weighted by molar-refractivity contribution is 5.99. The number of nitrogens with two attached hydrogens (primary N) is 1. The minimum Gasteiger partial charge on any atom is -0.492 e. The number of oxime groups is 1. The lowest BCUT2D eigenvalue weighted by molar-refractivity contribution is 0.279. The molecule has 0 radical (unpaired) electrons. The molecule has 18 heavy (non-hydrogen) atoms. The molecule has 100 valence electrons. The molecule has 0 atom stereocenters. The highest BCUT2D eigenvalue weighted by Gasteiger charge is 2.10. The number of nitrogens with zero attached hydrogens (tertiary/aromatic N) is 2. The Bertz CT molecular complexity index is 417. The van der Waals surface area contributed by atoms with Crippen molar-refractivity contribution in [1.82, 2.24) is 4.90 Å². The Morgan fingerprint density at radius 2 is 2.17 bits per heavy atom. The normalized spacial score (nSPS) is 11.9. The smallest absolute Gasteiger partial charge is 0.173 e. The first kappa shape index (κ1) is 14.3. The van der Waals surface area contributed by atoms with Crippen LogP contribution in [0.3, 0.4) is 0 Å². The van der Waals surface area contributed by atoms with Gasteiger partial charge >= 0.3 is 0 Å². The lowest BCUT2D eigenvalue weighted by Gasteiger charge is -2.14. The summed E-state index contributed by atoms with van der Waals surface area (Å²) in [4.78, 5) is 2.10. The molecule has 0 aliphatic carbocycles. The largest absolute Gasteiger partial charge is 0.492 e. The van der Waals surface area contributed by atoms with E-state index in [1.807, 2.05) is 33.2 Å². The number of hydrogen-bond donors (Lipinski definition) is 2. The van der Waals surface area contributed by atoms with Crippen LogP contribution in [0, 0.1) is 6.92 Å². The van der Waals surface area contributed by atoms with Gasteiger partial charge in [0, 0.05) is 6.54 Å². The van der Waals surface area contributed by atoms with Crippen LogP contribution in [0.1, 0.15) is 17.5 Å². The zero-order valence-electron chi connectivity index (χ0n) is 11.2. The molecule has 0 amide bonds. The molecule has 0 bridgehead atoms. The van der Waals surface area contributed by atoms with Crippen LogP contribution in [0.2, 0.25) is 0 Å². The van der Waals surface area contributed by atoms with E-state index in [4.69, 9.17) is 15.7 Å². The van der Waals surface area contributed by atoms with Gasteiger partial charge in [-0.3, -0.25) is 0 Å². The van der Waals surface area contributed by atoms with Crippen LogP contribution < -0.4 is 10.5 Å². The monoisotopic (exact) mass is 251 g/mol. The third-order valence-corrected chi connectivity index (χ3v) is 2.59. The van der Waals surface area contributed by atoms with Crippen molar-refractivity contribution in [3.05, 3.63) is 29.3 Å². The first-order valence-corrected chi connectivity index (χ1v) is 5.91. The summed E-state index contributed by atoms with van der Waals surface area (Å²) in [6, 6.07) is 5.58. The fourth-order valence-electron chi connectivity index (χ4n) is 1.65. The van der Waals surface area contributed by atoms with Crippen LogP contribution in [0.25, 0.3) is 0 Å². The quantitative estimate of drug-likeness (QED) is 0.264. The molecule has 3 N–H and O–H groups in total. The van der Waals surface area contributed by atoms with Crippen molar-refractivity contribution in [3.63, 3.8) is 0 Å². The number of para-hydroxylation sites is 1. The van der Waals surface area contributed by atoms with E-state index in [2.05, 4.69) is 10.1 Å². The van der Waals surface area contributed by atoms with Gasteiger partial charge in [0.25, 0.3) is 0 Å². The highest BCUT2D eigenvalue weighted by Crippen LogP contribution is 2.23. The van der Waals surface area contributed by atoms with Crippen LogP contribution in [0.5, 0.6) is 5.75 Å². The molecule has 0 unspecified atom stereocenters. The van der Waals surface area contributed by atoms with Crippen molar-refractivity contribution in [2.45, 2.75) is 13.3 Å². The van der Waals surface area contributed by atoms with Crippen molar-refractivity contribution in [3.8, 4) is 5.75 Å². The molecular formula is C13H21N3O2. The van der Waals surface area contributed by atoms with Gasteiger partial charge in [-0.05, 0) is 39.1 Å². The topological polar surface area (TPSA) is 71.1 Å². The van der Waals surface area contributed by atoms with Gasteiger partial charge in [-0.2, -0.15) is 0 Å². The summed E-state index contributed by atoms with van der Waals surface area (Å²) in [5.41, 5.74) is 7.23. The Kier molecular flexibility index (Phi) is 5.45. The van der Waals surface area contributed by atoms with Crippen LogP contribution >= 0.6 is 0 Å². The second-order valence-electron chi connectivity index (χ2n) is 4.44. The molecule has 0 heterocycles. The Morgan fingerprint density at radius 1 is 1.44 bits per heavy atom. The van der Waals surface area contributed by atoms with Gasteiger partial charge < -0.3 is 20.6 Å². The van der Waals surface area contributed by atoms with E-state index in [1.165, 1.54) is 0 Å². The fourth-order valence-corrected chi connectivity index (χ4v) is 1.65. The van der Waals surface area contributed by atoms with Crippen molar-refractivity contribution in [2.75, 3.05) is 27.2 Å². The first-order chi connectivity index (χ1) is 8.56. The van der Waals surface area contributed by atoms with E-state index < -0.39 is 0 Å². The molecule has 1 aromatic rings. The van der Waals surface area contributed by atoms with E-state index in [-0.39, 0.29) is 5.84 Å². The molecule has 1 rings (SSSR count). The summed E-state index contributed by atoms with van der Waals surface area (Å²) in [7, 11) is 4.05. The predicted molar refractivity (Wildman–Crippen MR) is 72.4 cm³/mol. The molecule has 5 heteroatoms. The van der Waals surface area contributed by atoms with Gasteiger partial charge in [-0.25, -0.2) is 0 Å². The van der Waals surface area contributed by atoms with Crippen LogP contribution in [-0.4, -0.2) is 43.2 Å². The summed E-state index contributed by atoms with van der Waals surface area (Å²) in [6.07, 6.45) is 0.928. The number of rotatable bonds is 6. The second kappa shape index (κ2) is 6.86. The molecule has 0 spiro atoms. The second-order valence-corrected chi connectivity index (χ2v) is 4.44. The highest BCUT2D eigenvalue weighted by atomic mass is 16.5. The Balaban J connectivity index is 2.74. The lowest BCUT2D eigenvalue weighted by Crippen LogP contribution is -2.18. The van der Waals surface area contributed by atoms with Gasteiger partial charge in [-0.1, -0.05) is 17.3 Å². The average Bonchev–Trinajstić information content (AvgIpc) is 2.34. The number of amidine groups is 1. The van der Waals surface area contributed by atoms with Crippen molar-refractivity contribution >= 4 is 5.84 Å². The van der Waals surface area contributed by atoms with E-state index in [0.717, 1.165) is 18.5 Å². The molecular weight excluding hydrogens is 230 g/mol. The van der Waals surface area contributed by atoms with Gasteiger partial charge in [0.15, 0.2) is 5.84 Å². The minimum absolute atomic E-state index is 0.0707. The van der Waals surface area contributed by atoms with E-state index >= 15 is 0 Å². The molecule has 0 saturated carbocycles. The molecule has 1 aromatic carbocycles. The third kappa shape index (κ3) is 3.92. The van der Waals surface area contributed by atoms with Crippen LogP contribution in [-0.2, 0) is 0 Å². The summed E-state index contributed by atoms with van der Waals surface area (Å²) in [5.74, 6) is 0.757. The molecule has 5 nitrogen and oxygen atoms in total. The number of benzene rings is 1. The number of ether oxygens (including phenoxy) is 1. The predicted octanol–water partition coefficient (Wildman–Crippen LogP) is 1.42. The van der Waals surface area contributed by atoms with Crippen molar-refractivity contribution in [2.24, 2.45) is 10.9 Å². The summed E-state index contributed by atoms with van der Waals surface area (Å²) < 4.78 is 5.74. The number of hydrogen-bond acceptors (Lipinski definition) is 4.